The number of benzene rings is 2. The lowest BCUT2D eigenvalue weighted by Gasteiger charge is -2.37. The van der Waals surface area contributed by atoms with Crippen molar-refractivity contribution in [3.8, 4) is 0 Å². The lowest BCUT2D eigenvalue weighted by molar-refractivity contribution is -0.120. The lowest BCUT2D eigenvalue weighted by atomic mass is 9.88. The maximum absolute atomic E-state index is 13.8. The summed E-state index contributed by atoms with van der Waals surface area (Å²) >= 11 is 6.08. The Morgan fingerprint density at radius 3 is 2.35 bits per heavy atom. The molecule has 2 atom stereocenters. The summed E-state index contributed by atoms with van der Waals surface area (Å²) in [7, 11) is 0. The van der Waals surface area contributed by atoms with Gasteiger partial charge in [0.1, 0.15) is 5.41 Å². The topological polar surface area (TPSA) is 52.8 Å². The number of piperazine rings is 1. The Hall–Kier alpha value is -1.92. The first-order chi connectivity index (χ1) is 14.9. The molecule has 1 saturated carbocycles. The summed E-state index contributed by atoms with van der Waals surface area (Å²) in [5.74, 6) is 0.145. The van der Waals surface area contributed by atoms with Gasteiger partial charge in [-0.3, -0.25) is 14.6 Å². The third kappa shape index (κ3) is 3.21. The van der Waals surface area contributed by atoms with Gasteiger partial charge in [0.25, 0.3) is 0 Å². The molecule has 2 aromatic rings. The predicted octanol–water partition coefficient (Wildman–Crippen LogP) is 3.21. The third-order valence-corrected chi connectivity index (χ3v) is 7.83. The maximum atomic E-state index is 13.8. The fourth-order valence-corrected chi connectivity index (χ4v) is 5.69. The Morgan fingerprint density at radius 1 is 1.00 bits per heavy atom. The molecule has 1 spiro atoms. The van der Waals surface area contributed by atoms with Gasteiger partial charge in [-0.15, -0.1) is 0 Å². The quantitative estimate of drug-likeness (QED) is 0.778. The summed E-state index contributed by atoms with van der Waals surface area (Å²) in [6.45, 7) is 10.4. The second-order valence-electron chi connectivity index (χ2n) is 9.51. The molecule has 0 unspecified atom stereocenters. The van der Waals surface area contributed by atoms with Crippen LogP contribution in [0.2, 0.25) is 5.02 Å². The zero-order valence-electron chi connectivity index (χ0n) is 18.4. The van der Waals surface area contributed by atoms with Crippen molar-refractivity contribution in [2.75, 3.05) is 44.2 Å². The van der Waals surface area contributed by atoms with Crippen LogP contribution in [0.1, 0.15) is 31.4 Å². The minimum absolute atomic E-state index is 0.145. The largest absolute Gasteiger partial charge is 0.320 e. The average Bonchev–Trinajstić information content (AvgIpc) is 3.35. The molecule has 164 valence electrons. The van der Waals surface area contributed by atoms with Crippen molar-refractivity contribution in [2.24, 2.45) is 5.73 Å². The van der Waals surface area contributed by atoms with E-state index in [1.54, 1.807) is 0 Å². The number of hydrogen-bond acceptors (Lipinski definition) is 4. The van der Waals surface area contributed by atoms with Crippen LogP contribution in [0, 0.1) is 0 Å². The number of rotatable bonds is 5. The van der Waals surface area contributed by atoms with E-state index in [9.17, 15) is 4.79 Å². The van der Waals surface area contributed by atoms with Gasteiger partial charge in [0.15, 0.2) is 0 Å². The fraction of sp³-hybridized carbons (Fsp3) is 0.480. The minimum atomic E-state index is -0.678. The van der Waals surface area contributed by atoms with E-state index in [2.05, 4.69) is 35.8 Å². The van der Waals surface area contributed by atoms with Crippen molar-refractivity contribution >= 4 is 23.2 Å². The molecule has 2 aromatic carbocycles. The molecule has 1 saturated heterocycles. The van der Waals surface area contributed by atoms with Crippen LogP contribution >= 0.6 is 11.6 Å². The predicted molar refractivity (Wildman–Crippen MR) is 126 cm³/mol. The number of para-hydroxylation sites is 1. The first-order valence-electron chi connectivity index (χ1n) is 11.3. The van der Waals surface area contributed by atoms with Crippen molar-refractivity contribution in [3.63, 3.8) is 0 Å². The number of fused-ring (bicyclic) bond motifs is 2. The zero-order chi connectivity index (χ0) is 21.8. The first kappa shape index (κ1) is 21.0. The second-order valence-corrected chi connectivity index (χ2v) is 9.94. The molecule has 1 amide bonds. The van der Waals surface area contributed by atoms with Gasteiger partial charge in [-0.05, 0) is 49.6 Å². The Kier molecular flexibility index (Phi) is 5.13. The molecule has 0 bridgehead atoms. The minimum Gasteiger partial charge on any atom is -0.320 e. The highest BCUT2D eigenvalue weighted by Crippen LogP contribution is 2.67. The van der Waals surface area contributed by atoms with E-state index in [0.29, 0.717) is 24.0 Å². The monoisotopic (exact) mass is 438 g/mol. The Labute approximate surface area is 189 Å². The molecular formula is C25H31ClN4O. The van der Waals surface area contributed by atoms with Crippen LogP contribution in [-0.4, -0.2) is 61.0 Å². The van der Waals surface area contributed by atoms with Gasteiger partial charge < -0.3 is 10.6 Å². The first-order valence-corrected chi connectivity index (χ1v) is 11.7. The van der Waals surface area contributed by atoms with Crippen molar-refractivity contribution in [1.82, 2.24) is 9.80 Å². The van der Waals surface area contributed by atoms with E-state index in [-0.39, 0.29) is 5.91 Å². The van der Waals surface area contributed by atoms with Crippen LogP contribution < -0.4 is 10.6 Å². The van der Waals surface area contributed by atoms with E-state index in [1.165, 1.54) is 0 Å². The molecule has 1 aliphatic carbocycles. The molecule has 6 heteroatoms. The van der Waals surface area contributed by atoms with E-state index in [4.69, 9.17) is 17.3 Å². The van der Waals surface area contributed by atoms with Crippen LogP contribution in [0.25, 0.3) is 0 Å². The fourth-order valence-electron chi connectivity index (χ4n) is 5.56. The van der Waals surface area contributed by atoms with Crippen molar-refractivity contribution in [1.29, 1.82) is 0 Å². The van der Waals surface area contributed by atoms with Crippen molar-refractivity contribution in [3.05, 3.63) is 64.7 Å². The number of anilines is 1. The van der Waals surface area contributed by atoms with Crippen LogP contribution in [0.4, 0.5) is 5.69 Å². The number of hydrogen-bond donors (Lipinski definition) is 1. The van der Waals surface area contributed by atoms with Crippen molar-refractivity contribution < 1.29 is 4.79 Å². The van der Waals surface area contributed by atoms with Gasteiger partial charge in [0.2, 0.25) is 5.91 Å². The zero-order valence-corrected chi connectivity index (χ0v) is 19.1. The molecule has 2 heterocycles. The number of carbonyl (C=O) groups excluding carboxylic acids is 1. The van der Waals surface area contributed by atoms with Crippen LogP contribution in [0.15, 0.2) is 48.5 Å². The maximum Gasteiger partial charge on any atom is 0.240 e. The Morgan fingerprint density at radius 2 is 1.68 bits per heavy atom. The molecule has 2 N–H and O–H groups in total. The van der Waals surface area contributed by atoms with Gasteiger partial charge in [0, 0.05) is 56.0 Å². The SMILES string of the molecule is CC(C)N1CCN(CCN2C(=O)[C@]3(C[C@]3(N)c3ccc(Cl)cc3)c3ccccc32)CC1. The molecular weight excluding hydrogens is 408 g/mol. The smallest absolute Gasteiger partial charge is 0.240 e. The standard InChI is InChI=1S/C25H31ClN4O/c1-18(2)29-14-11-28(12-15-29)13-16-30-22-6-4-3-5-21(22)24(23(30)31)17-25(24,27)19-7-9-20(26)10-8-19/h3-10,18H,11-17,27H2,1-2H3/t24-,25-/m0/s1. The molecule has 5 rings (SSSR count). The van der Waals surface area contributed by atoms with E-state index in [0.717, 1.165) is 49.5 Å². The second kappa shape index (κ2) is 7.59. The summed E-state index contributed by atoms with van der Waals surface area (Å²) < 4.78 is 0. The van der Waals surface area contributed by atoms with Crippen LogP contribution in [-0.2, 0) is 15.7 Å². The molecule has 5 nitrogen and oxygen atoms in total. The summed E-state index contributed by atoms with van der Waals surface area (Å²) in [5, 5.41) is 0.680. The number of nitrogens with two attached hydrogens (primary N) is 1. The lowest BCUT2D eigenvalue weighted by Crippen LogP contribution is -2.51. The molecule has 0 aromatic heterocycles. The molecule has 2 aliphatic heterocycles. The number of nitrogens with zero attached hydrogens (tertiary/aromatic N) is 3. The molecule has 2 fully saturated rings. The van der Waals surface area contributed by atoms with Crippen LogP contribution in [0.5, 0.6) is 0 Å². The van der Waals surface area contributed by atoms with Gasteiger partial charge in [-0.1, -0.05) is 41.9 Å². The molecule has 0 radical (unpaired) electrons. The third-order valence-electron chi connectivity index (χ3n) is 7.58. The molecule has 31 heavy (non-hydrogen) atoms. The average molecular weight is 439 g/mol. The Balaban J connectivity index is 1.36. The highest BCUT2D eigenvalue weighted by molar-refractivity contribution is 6.30. The van der Waals surface area contributed by atoms with E-state index in [1.807, 2.05) is 41.3 Å². The van der Waals surface area contributed by atoms with E-state index < -0.39 is 11.0 Å². The van der Waals surface area contributed by atoms with E-state index >= 15 is 0 Å². The molecule has 3 aliphatic rings. The highest BCUT2D eigenvalue weighted by Gasteiger charge is 2.75. The number of carbonyl (C=O) groups is 1. The van der Waals surface area contributed by atoms with Gasteiger partial charge >= 0.3 is 0 Å². The van der Waals surface area contributed by atoms with Gasteiger partial charge in [-0.2, -0.15) is 0 Å². The highest BCUT2D eigenvalue weighted by atomic mass is 35.5. The van der Waals surface area contributed by atoms with Crippen molar-refractivity contribution in [2.45, 2.75) is 37.3 Å². The van der Waals surface area contributed by atoms with Gasteiger partial charge in [-0.25, -0.2) is 0 Å². The summed E-state index contributed by atoms with van der Waals surface area (Å²) in [5.41, 5.74) is 8.64. The van der Waals surface area contributed by atoms with Crippen LogP contribution in [0.3, 0.4) is 0 Å². The number of halogens is 1. The normalized spacial score (nSPS) is 28.5. The number of amides is 1. The summed E-state index contributed by atoms with van der Waals surface area (Å²) in [4.78, 5) is 20.8. The summed E-state index contributed by atoms with van der Waals surface area (Å²) in [6, 6.07) is 16.4. The Bertz CT molecular complexity index is 985. The summed E-state index contributed by atoms with van der Waals surface area (Å²) in [6.07, 6.45) is 0.640. The van der Waals surface area contributed by atoms with Gasteiger partial charge in [0.05, 0.1) is 5.54 Å².